The van der Waals surface area contributed by atoms with Crippen LogP contribution >= 0.6 is 11.6 Å². The van der Waals surface area contributed by atoms with Gasteiger partial charge in [0, 0.05) is 66.0 Å². The number of piperazine rings is 1. The van der Waals surface area contributed by atoms with Crippen molar-refractivity contribution in [3.63, 3.8) is 0 Å². The number of nitrogens with one attached hydrogen (secondary N) is 2. The smallest absolute Gasteiger partial charge is 0.264 e. The number of amides is 1. The summed E-state index contributed by atoms with van der Waals surface area (Å²) in [5.74, 6) is 0.799. The molecule has 0 radical (unpaired) electrons. The van der Waals surface area contributed by atoms with Crippen LogP contribution in [0.25, 0.3) is 22.2 Å². The third-order valence-electron chi connectivity index (χ3n) is 5.61. The van der Waals surface area contributed by atoms with Crippen molar-refractivity contribution in [1.29, 1.82) is 0 Å². The molecule has 2 N–H and O–H groups in total. The highest BCUT2D eigenvalue weighted by molar-refractivity contribution is 6.31. The SMILES string of the molecule is CC1CNCCN1C(=O)C1Cc2cc(Cl)cc(-c3ccnc4[nH]ccc34)c2O1. The topological polar surface area (TPSA) is 70.2 Å². The van der Waals surface area contributed by atoms with E-state index in [2.05, 4.69) is 22.2 Å². The van der Waals surface area contributed by atoms with Crippen molar-refractivity contribution in [3.8, 4) is 16.9 Å². The maximum absolute atomic E-state index is 13.1. The molecule has 3 aromatic rings. The highest BCUT2D eigenvalue weighted by Gasteiger charge is 2.36. The lowest BCUT2D eigenvalue weighted by Crippen LogP contribution is -2.55. The summed E-state index contributed by atoms with van der Waals surface area (Å²) in [5, 5.41) is 4.96. The van der Waals surface area contributed by atoms with Gasteiger partial charge in [0.05, 0.1) is 0 Å². The van der Waals surface area contributed by atoms with Crippen LogP contribution in [-0.2, 0) is 11.2 Å². The number of aromatic amines is 1. The molecule has 2 unspecified atom stereocenters. The van der Waals surface area contributed by atoms with Crippen molar-refractivity contribution in [2.24, 2.45) is 0 Å². The van der Waals surface area contributed by atoms with Crippen LogP contribution in [-0.4, -0.2) is 52.6 Å². The molecule has 7 heteroatoms. The minimum absolute atomic E-state index is 0.0498. The minimum Gasteiger partial charge on any atom is -0.479 e. The van der Waals surface area contributed by atoms with Gasteiger partial charge in [0.1, 0.15) is 11.4 Å². The quantitative estimate of drug-likeness (QED) is 0.698. The van der Waals surface area contributed by atoms with E-state index in [1.165, 1.54) is 0 Å². The zero-order chi connectivity index (χ0) is 19.3. The maximum atomic E-state index is 13.1. The molecule has 0 saturated carbocycles. The van der Waals surface area contributed by atoms with Crippen LogP contribution in [0.15, 0.2) is 36.7 Å². The van der Waals surface area contributed by atoms with Crippen molar-refractivity contribution < 1.29 is 9.53 Å². The van der Waals surface area contributed by atoms with E-state index in [1.54, 1.807) is 6.20 Å². The molecule has 1 saturated heterocycles. The first-order chi connectivity index (χ1) is 13.6. The van der Waals surface area contributed by atoms with Crippen molar-refractivity contribution in [2.45, 2.75) is 25.5 Å². The first-order valence-electron chi connectivity index (χ1n) is 9.54. The third-order valence-corrected chi connectivity index (χ3v) is 5.82. The molecule has 1 aromatic carbocycles. The number of halogens is 1. The molecule has 28 heavy (non-hydrogen) atoms. The molecule has 144 valence electrons. The number of carbonyl (C=O) groups excluding carboxylic acids is 1. The molecule has 0 aliphatic carbocycles. The predicted molar refractivity (Wildman–Crippen MR) is 109 cm³/mol. The number of benzene rings is 1. The first kappa shape index (κ1) is 17.5. The summed E-state index contributed by atoms with van der Waals surface area (Å²) in [6.07, 6.45) is 3.67. The van der Waals surface area contributed by atoms with Crippen LogP contribution in [0.5, 0.6) is 5.75 Å². The van der Waals surface area contributed by atoms with Gasteiger partial charge in [-0.05, 0) is 36.8 Å². The van der Waals surface area contributed by atoms with Crippen molar-refractivity contribution in [2.75, 3.05) is 19.6 Å². The summed E-state index contributed by atoms with van der Waals surface area (Å²) < 4.78 is 6.24. The fourth-order valence-corrected chi connectivity index (χ4v) is 4.45. The predicted octanol–water partition coefficient (Wildman–Crippen LogP) is 3.01. The molecule has 2 atom stereocenters. The average molecular weight is 397 g/mol. The lowest BCUT2D eigenvalue weighted by atomic mass is 9.99. The summed E-state index contributed by atoms with van der Waals surface area (Å²) in [6, 6.07) is 7.92. The first-order valence-corrected chi connectivity index (χ1v) is 9.92. The number of H-pyrrole nitrogens is 1. The Hall–Kier alpha value is -2.57. The molecule has 2 aromatic heterocycles. The molecule has 1 amide bonds. The van der Waals surface area contributed by atoms with Crippen LogP contribution in [0.4, 0.5) is 0 Å². The van der Waals surface area contributed by atoms with Gasteiger partial charge in [-0.25, -0.2) is 4.98 Å². The lowest BCUT2D eigenvalue weighted by molar-refractivity contribution is -0.140. The van der Waals surface area contributed by atoms with E-state index in [0.717, 1.165) is 46.6 Å². The lowest BCUT2D eigenvalue weighted by Gasteiger charge is -2.35. The van der Waals surface area contributed by atoms with E-state index in [1.807, 2.05) is 35.4 Å². The fraction of sp³-hybridized carbons (Fsp3) is 0.333. The van der Waals surface area contributed by atoms with Gasteiger partial charge in [0.15, 0.2) is 6.10 Å². The average Bonchev–Trinajstić information content (AvgIpc) is 3.33. The minimum atomic E-state index is -0.503. The Morgan fingerprint density at radius 2 is 2.21 bits per heavy atom. The normalized spacial score (nSPS) is 21.6. The Kier molecular flexibility index (Phi) is 4.25. The summed E-state index contributed by atoms with van der Waals surface area (Å²) in [4.78, 5) is 22.5. The number of fused-ring (bicyclic) bond motifs is 2. The molecule has 0 bridgehead atoms. The number of nitrogens with zero attached hydrogens (tertiary/aromatic N) is 2. The van der Waals surface area contributed by atoms with Crippen LogP contribution in [0, 0.1) is 0 Å². The monoisotopic (exact) mass is 396 g/mol. The van der Waals surface area contributed by atoms with E-state index < -0.39 is 6.10 Å². The summed E-state index contributed by atoms with van der Waals surface area (Å²) >= 11 is 6.42. The summed E-state index contributed by atoms with van der Waals surface area (Å²) in [7, 11) is 0. The number of hydrogen-bond donors (Lipinski definition) is 2. The molecular formula is C21H21ClN4O2. The second-order valence-corrected chi connectivity index (χ2v) is 7.87. The summed E-state index contributed by atoms with van der Waals surface area (Å²) in [6.45, 7) is 4.40. The highest BCUT2D eigenvalue weighted by atomic mass is 35.5. The fourth-order valence-electron chi connectivity index (χ4n) is 4.21. The van der Waals surface area contributed by atoms with E-state index in [0.29, 0.717) is 18.0 Å². The second kappa shape index (κ2) is 6.79. The largest absolute Gasteiger partial charge is 0.479 e. The highest BCUT2D eigenvalue weighted by Crippen LogP contribution is 2.43. The third kappa shape index (κ3) is 2.84. The Morgan fingerprint density at radius 3 is 3.07 bits per heavy atom. The number of ether oxygens (including phenoxy) is 1. The van der Waals surface area contributed by atoms with Gasteiger partial charge >= 0.3 is 0 Å². The summed E-state index contributed by atoms with van der Waals surface area (Å²) in [5.41, 5.74) is 3.68. The van der Waals surface area contributed by atoms with Gasteiger partial charge < -0.3 is 19.9 Å². The molecular weight excluding hydrogens is 376 g/mol. The van der Waals surface area contributed by atoms with Crippen LogP contribution in [0.3, 0.4) is 0 Å². The second-order valence-electron chi connectivity index (χ2n) is 7.44. The Labute approximate surface area is 167 Å². The molecule has 6 nitrogen and oxygen atoms in total. The standard InChI is InChI=1S/C21H21ClN4O2/c1-12-11-23-6-7-26(12)21(27)18-9-13-8-14(22)10-17(19(13)28-18)15-2-4-24-20-16(15)3-5-25-20/h2-5,8,10,12,18,23H,6-7,9,11H2,1H3,(H,24,25). The Balaban J connectivity index is 1.52. The van der Waals surface area contributed by atoms with E-state index in [9.17, 15) is 4.79 Å². The van der Waals surface area contributed by atoms with Gasteiger partial charge in [0.2, 0.25) is 0 Å². The zero-order valence-electron chi connectivity index (χ0n) is 15.5. The van der Waals surface area contributed by atoms with Crippen LogP contribution in [0.1, 0.15) is 12.5 Å². The van der Waals surface area contributed by atoms with E-state index in [-0.39, 0.29) is 11.9 Å². The molecule has 0 spiro atoms. The number of aromatic nitrogens is 2. The molecule has 5 rings (SSSR count). The van der Waals surface area contributed by atoms with Crippen molar-refractivity contribution >= 4 is 28.5 Å². The number of hydrogen-bond acceptors (Lipinski definition) is 4. The van der Waals surface area contributed by atoms with Crippen LogP contribution < -0.4 is 10.1 Å². The zero-order valence-corrected chi connectivity index (χ0v) is 16.3. The van der Waals surface area contributed by atoms with Gasteiger partial charge in [-0.2, -0.15) is 0 Å². The number of carbonyl (C=O) groups is 1. The van der Waals surface area contributed by atoms with Gasteiger partial charge in [-0.3, -0.25) is 4.79 Å². The maximum Gasteiger partial charge on any atom is 0.264 e. The van der Waals surface area contributed by atoms with E-state index in [4.69, 9.17) is 16.3 Å². The molecule has 4 heterocycles. The number of pyridine rings is 1. The molecule has 2 aliphatic rings. The van der Waals surface area contributed by atoms with Crippen molar-refractivity contribution in [3.05, 3.63) is 47.2 Å². The number of rotatable bonds is 2. The van der Waals surface area contributed by atoms with Gasteiger partial charge in [-0.1, -0.05) is 11.6 Å². The Bertz CT molecular complexity index is 1060. The van der Waals surface area contributed by atoms with E-state index >= 15 is 0 Å². The van der Waals surface area contributed by atoms with Gasteiger partial charge in [-0.15, -0.1) is 0 Å². The molecule has 1 fully saturated rings. The van der Waals surface area contributed by atoms with Gasteiger partial charge in [0.25, 0.3) is 5.91 Å². The van der Waals surface area contributed by atoms with Crippen LogP contribution in [0.2, 0.25) is 5.02 Å². The molecule has 2 aliphatic heterocycles. The Morgan fingerprint density at radius 1 is 1.32 bits per heavy atom. The van der Waals surface area contributed by atoms with Crippen molar-refractivity contribution in [1.82, 2.24) is 20.2 Å².